The van der Waals surface area contributed by atoms with E-state index >= 15 is 0 Å². The van der Waals surface area contributed by atoms with Gasteiger partial charge in [0.2, 0.25) is 5.91 Å². The minimum atomic E-state index is -0.479. The number of piperazine rings is 1. The van der Waals surface area contributed by atoms with E-state index < -0.39 is 4.92 Å². The van der Waals surface area contributed by atoms with Crippen LogP contribution in [0.25, 0.3) is 0 Å². The Morgan fingerprint density at radius 3 is 2.47 bits per heavy atom. The molecule has 2 aromatic carbocycles. The molecule has 1 aliphatic rings. The van der Waals surface area contributed by atoms with Crippen molar-refractivity contribution in [3.63, 3.8) is 0 Å². The number of nitrogens with one attached hydrogen (secondary N) is 1. The molecule has 1 fully saturated rings. The first-order valence-corrected chi connectivity index (χ1v) is 10.2. The van der Waals surface area contributed by atoms with Gasteiger partial charge in [-0.1, -0.05) is 23.7 Å². The van der Waals surface area contributed by atoms with Gasteiger partial charge in [0.05, 0.1) is 11.5 Å². The van der Waals surface area contributed by atoms with Crippen LogP contribution in [-0.4, -0.2) is 66.5 Å². The standard InChI is InChI=1S/C21H25ClN4O4/c1-16-3-2-4-19(26(28)29)21(16)23-20(27)15-25-11-9-24(10-12-25)13-14-30-18-7-5-17(22)6-8-18/h2-8H,9-15H2,1H3,(H,23,27). The van der Waals surface area contributed by atoms with E-state index in [-0.39, 0.29) is 23.8 Å². The smallest absolute Gasteiger partial charge is 0.293 e. The lowest BCUT2D eigenvalue weighted by Crippen LogP contribution is -2.49. The van der Waals surface area contributed by atoms with Crippen molar-refractivity contribution in [2.24, 2.45) is 0 Å². The molecule has 1 N–H and O–H groups in total. The monoisotopic (exact) mass is 432 g/mol. The maximum absolute atomic E-state index is 12.4. The van der Waals surface area contributed by atoms with E-state index in [2.05, 4.69) is 15.1 Å². The van der Waals surface area contributed by atoms with Crippen LogP contribution in [0.5, 0.6) is 5.75 Å². The topological polar surface area (TPSA) is 88.0 Å². The fourth-order valence-corrected chi connectivity index (χ4v) is 3.47. The molecule has 0 bridgehead atoms. The largest absolute Gasteiger partial charge is 0.492 e. The highest BCUT2D eigenvalue weighted by Gasteiger charge is 2.21. The lowest BCUT2D eigenvalue weighted by atomic mass is 10.1. The van der Waals surface area contributed by atoms with Crippen LogP contribution >= 0.6 is 11.6 Å². The van der Waals surface area contributed by atoms with Crippen molar-refractivity contribution in [3.8, 4) is 5.75 Å². The van der Waals surface area contributed by atoms with Crippen molar-refractivity contribution in [1.29, 1.82) is 0 Å². The Morgan fingerprint density at radius 1 is 1.13 bits per heavy atom. The fourth-order valence-electron chi connectivity index (χ4n) is 3.34. The molecule has 1 aliphatic heterocycles. The van der Waals surface area contributed by atoms with E-state index in [1.54, 1.807) is 31.2 Å². The van der Waals surface area contributed by atoms with Crippen LogP contribution in [0, 0.1) is 17.0 Å². The SMILES string of the molecule is Cc1cccc([N+](=O)[O-])c1NC(=O)CN1CCN(CCOc2ccc(Cl)cc2)CC1. The Hall–Kier alpha value is -2.68. The summed E-state index contributed by atoms with van der Waals surface area (Å²) in [4.78, 5) is 27.5. The average Bonchev–Trinajstić information content (AvgIpc) is 2.72. The zero-order chi connectivity index (χ0) is 21.5. The summed E-state index contributed by atoms with van der Waals surface area (Å²) >= 11 is 5.86. The maximum Gasteiger partial charge on any atom is 0.293 e. The van der Waals surface area contributed by atoms with Crippen LogP contribution in [-0.2, 0) is 4.79 Å². The number of amides is 1. The third-order valence-corrected chi connectivity index (χ3v) is 5.29. The number of hydrogen-bond acceptors (Lipinski definition) is 6. The Morgan fingerprint density at radius 2 is 1.80 bits per heavy atom. The summed E-state index contributed by atoms with van der Waals surface area (Å²) in [5, 5.41) is 14.6. The van der Waals surface area contributed by atoms with Gasteiger partial charge in [-0.2, -0.15) is 0 Å². The Bertz CT molecular complexity index is 883. The van der Waals surface area contributed by atoms with E-state index in [0.29, 0.717) is 17.2 Å². The second kappa shape index (κ2) is 10.4. The highest BCUT2D eigenvalue weighted by molar-refractivity contribution is 6.30. The number of carbonyl (C=O) groups excluding carboxylic acids is 1. The van der Waals surface area contributed by atoms with Gasteiger partial charge >= 0.3 is 0 Å². The molecule has 0 atom stereocenters. The summed E-state index contributed by atoms with van der Waals surface area (Å²) < 4.78 is 5.73. The third kappa shape index (κ3) is 6.16. The first-order chi connectivity index (χ1) is 14.4. The highest BCUT2D eigenvalue weighted by Crippen LogP contribution is 2.27. The third-order valence-electron chi connectivity index (χ3n) is 5.03. The number of rotatable bonds is 8. The molecule has 0 aliphatic carbocycles. The zero-order valence-electron chi connectivity index (χ0n) is 16.8. The number of anilines is 1. The quantitative estimate of drug-likeness (QED) is 0.509. The maximum atomic E-state index is 12.4. The van der Waals surface area contributed by atoms with Crippen LogP contribution in [0.1, 0.15) is 5.56 Å². The van der Waals surface area contributed by atoms with Crippen molar-refractivity contribution in [2.45, 2.75) is 6.92 Å². The number of aryl methyl sites for hydroxylation is 1. The van der Waals surface area contributed by atoms with Gasteiger partial charge in [-0.05, 0) is 36.8 Å². The molecule has 0 spiro atoms. The molecule has 1 saturated heterocycles. The molecule has 1 heterocycles. The Balaban J connectivity index is 1.41. The van der Waals surface area contributed by atoms with Crippen LogP contribution in [0.2, 0.25) is 5.02 Å². The van der Waals surface area contributed by atoms with Crippen LogP contribution < -0.4 is 10.1 Å². The van der Waals surface area contributed by atoms with E-state index in [1.807, 2.05) is 12.1 Å². The predicted molar refractivity (Wildman–Crippen MR) is 116 cm³/mol. The second-order valence-electron chi connectivity index (χ2n) is 7.19. The molecule has 160 valence electrons. The van der Waals surface area contributed by atoms with Gasteiger partial charge in [0.1, 0.15) is 18.0 Å². The van der Waals surface area contributed by atoms with Gasteiger partial charge < -0.3 is 10.1 Å². The normalized spacial score (nSPS) is 15.0. The van der Waals surface area contributed by atoms with E-state index in [0.717, 1.165) is 38.5 Å². The summed E-state index contributed by atoms with van der Waals surface area (Å²) in [6.07, 6.45) is 0. The number of carbonyl (C=O) groups is 1. The molecule has 0 saturated carbocycles. The minimum Gasteiger partial charge on any atom is -0.492 e. The Labute approximate surface area is 180 Å². The summed E-state index contributed by atoms with van der Waals surface area (Å²) in [7, 11) is 0. The van der Waals surface area contributed by atoms with Gasteiger partial charge in [0, 0.05) is 43.8 Å². The molecule has 8 nitrogen and oxygen atoms in total. The van der Waals surface area contributed by atoms with Crippen molar-refractivity contribution >= 4 is 28.9 Å². The number of nitro benzene ring substituents is 1. The molecule has 3 rings (SSSR count). The van der Waals surface area contributed by atoms with Gasteiger partial charge in [0.15, 0.2) is 0 Å². The molecular weight excluding hydrogens is 408 g/mol. The molecule has 9 heteroatoms. The minimum absolute atomic E-state index is 0.0890. The van der Waals surface area contributed by atoms with Crippen LogP contribution in [0.3, 0.4) is 0 Å². The molecule has 30 heavy (non-hydrogen) atoms. The van der Waals surface area contributed by atoms with Crippen molar-refractivity contribution in [3.05, 3.63) is 63.2 Å². The number of benzene rings is 2. The van der Waals surface area contributed by atoms with Crippen molar-refractivity contribution in [1.82, 2.24) is 9.80 Å². The fraction of sp³-hybridized carbons (Fsp3) is 0.381. The lowest BCUT2D eigenvalue weighted by molar-refractivity contribution is -0.384. The second-order valence-corrected chi connectivity index (χ2v) is 7.63. The average molecular weight is 433 g/mol. The predicted octanol–water partition coefficient (Wildman–Crippen LogP) is 3.19. The molecule has 0 radical (unpaired) electrons. The molecule has 2 aromatic rings. The number of nitro groups is 1. The number of ether oxygens (including phenoxy) is 1. The van der Waals surface area contributed by atoms with Crippen LogP contribution in [0.15, 0.2) is 42.5 Å². The first kappa shape index (κ1) is 22.0. The Kier molecular flexibility index (Phi) is 7.62. The van der Waals surface area contributed by atoms with E-state index in [4.69, 9.17) is 16.3 Å². The summed E-state index contributed by atoms with van der Waals surface area (Å²) in [5.41, 5.74) is 0.849. The number of hydrogen-bond donors (Lipinski definition) is 1. The number of para-hydroxylation sites is 1. The molecule has 0 unspecified atom stereocenters. The van der Waals surface area contributed by atoms with Gasteiger partial charge in [0.25, 0.3) is 5.69 Å². The lowest BCUT2D eigenvalue weighted by Gasteiger charge is -2.34. The first-order valence-electron chi connectivity index (χ1n) is 9.79. The zero-order valence-corrected chi connectivity index (χ0v) is 17.6. The molecule has 1 amide bonds. The van der Waals surface area contributed by atoms with Gasteiger partial charge in [-0.15, -0.1) is 0 Å². The summed E-state index contributed by atoms with van der Waals surface area (Å²) in [5.74, 6) is 0.548. The van der Waals surface area contributed by atoms with Crippen molar-refractivity contribution in [2.75, 3.05) is 51.2 Å². The van der Waals surface area contributed by atoms with E-state index in [1.165, 1.54) is 6.07 Å². The van der Waals surface area contributed by atoms with Gasteiger partial charge in [-0.25, -0.2) is 0 Å². The molecular formula is C21H25ClN4O4. The van der Waals surface area contributed by atoms with Crippen LogP contribution in [0.4, 0.5) is 11.4 Å². The number of halogens is 1. The van der Waals surface area contributed by atoms with Gasteiger partial charge in [-0.3, -0.25) is 24.7 Å². The highest BCUT2D eigenvalue weighted by atomic mass is 35.5. The van der Waals surface area contributed by atoms with E-state index in [9.17, 15) is 14.9 Å². The summed E-state index contributed by atoms with van der Waals surface area (Å²) in [6.45, 7) is 6.52. The van der Waals surface area contributed by atoms with Crippen molar-refractivity contribution < 1.29 is 14.5 Å². The molecule has 0 aromatic heterocycles. The summed E-state index contributed by atoms with van der Waals surface area (Å²) in [6, 6.07) is 12.0. The number of nitrogens with zero attached hydrogens (tertiary/aromatic N) is 3.